The summed E-state index contributed by atoms with van der Waals surface area (Å²) in [6.07, 6.45) is 2.02. The van der Waals surface area contributed by atoms with Crippen LogP contribution < -0.4 is 0 Å². The van der Waals surface area contributed by atoms with Crippen LogP contribution in [-0.4, -0.2) is 55.7 Å². The van der Waals surface area contributed by atoms with Crippen LogP contribution in [0.15, 0.2) is 78.9 Å². The van der Waals surface area contributed by atoms with Crippen LogP contribution in [0.3, 0.4) is 0 Å². The first kappa shape index (κ1) is 24.5. The van der Waals surface area contributed by atoms with E-state index < -0.39 is 6.67 Å². The van der Waals surface area contributed by atoms with Crippen molar-refractivity contribution in [2.75, 3.05) is 45.9 Å². The number of ether oxygens (including phenoxy) is 1. The van der Waals surface area contributed by atoms with Crippen LogP contribution in [0.1, 0.15) is 34.8 Å². The Morgan fingerprint density at radius 3 is 1.91 bits per heavy atom. The molecule has 0 saturated carbocycles. The molecule has 0 N–H and O–H groups in total. The molecule has 34 heavy (non-hydrogen) atoms. The van der Waals surface area contributed by atoms with Gasteiger partial charge in [-0.15, -0.1) is 0 Å². The fraction of sp³-hybridized carbons (Fsp3) is 0.379. The van der Waals surface area contributed by atoms with Crippen molar-refractivity contribution in [2.45, 2.75) is 25.6 Å². The molecule has 1 saturated heterocycles. The number of nitrogens with zero attached hydrogens (tertiary/aromatic N) is 2. The first-order valence-electron chi connectivity index (χ1n) is 12.2. The van der Waals surface area contributed by atoms with Crippen molar-refractivity contribution in [3.63, 3.8) is 0 Å². The van der Waals surface area contributed by atoms with Gasteiger partial charge in [0.05, 0.1) is 6.61 Å². The first-order chi connectivity index (χ1) is 16.7. The summed E-state index contributed by atoms with van der Waals surface area (Å²) in [6.45, 7) is 6.35. The van der Waals surface area contributed by atoms with Crippen LogP contribution in [0.5, 0.6) is 0 Å². The summed E-state index contributed by atoms with van der Waals surface area (Å²) in [5, 5.41) is 0. The van der Waals surface area contributed by atoms with E-state index in [0.717, 1.165) is 56.8 Å². The average molecular weight is 465 g/mol. The van der Waals surface area contributed by atoms with Crippen molar-refractivity contribution in [3.05, 3.63) is 107 Å². The Morgan fingerprint density at radius 1 is 0.706 bits per heavy atom. The van der Waals surface area contributed by atoms with Gasteiger partial charge in [-0.25, -0.2) is 8.78 Å². The van der Waals surface area contributed by atoms with Crippen molar-refractivity contribution in [1.29, 1.82) is 0 Å². The van der Waals surface area contributed by atoms with Crippen molar-refractivity contribution in [2.24, 2.45) is 0 Å². The number of halogens is 2. The van der Waals surface area contributed by atoms with Crippen LogP contribution in [0.4, 0.5) is 8.78 Å². The maximum absolute atomic E-state index is 13.4. The van der Waals surface area contributed by atoms with E-state index in [1.807, 2.05) is 12.1 Å². The molecule has 1 atom stereocenters. The fourth-order valence-corrected chi connectivity index (χ4v) is 4.49. The molecule has 4 rings (SSSR count). The number of alkyl halides is 1. The van der Waals surface area contributed by atoms with Gasteiger partial charge >= 0.3 is 0 Å². The van der Waals surface area contributed by atoms with Gasteiger partial charge in [-0.3, -0.25) is 4.90 Å². The van der Waals surface area contributed by atoms with E-state index in [9.17, 15) is 8.78 Å². The van der Waals surface area contributed by atoms with Gasteiger partial charge in [-0.2, -0.15) is 0 Å². The Balaban J connectivity index is 1.23. The number of hydrogen-bond donors (Lipinski definition) is 0. The highest BCUT2D eigenvalue weighted by molar-refractivity contribution is 5.32. The predicted octanol–water partition coefficient (Wildman–Crippen LogP) is 5.65. The van der Waals surface area contributed by atoms with Crippen molar-refractivity contribution >= 4 is 0 Å². The van der Waals surface area contributed by atoms with E-state index in [2.05, 4.69) is 40.1 Å². The SMILES string of the molecule is FCc1ccc(C(OCCN2CCN(CCCc3ccccc3)CC2)c2ccc(F)cc2)cc1. The lowest BCUT2D eigenvalue weighted by atomic mass is 10.00. The number of benzene rings is 3. The predicted molar refractivity (Wildman–Crippen MR) is 133 cm³/mol. The summed E-state index contributed by atoms with van der Waals surface area (Å²) >= 11 is 0. The molecule has 3 nitrogen and oxygen atoms in total. The molecule has 0 radical (unpaired) electrons. The zero-order chi connectivity index (χ0) is 23.6. The Labute approximate surface area is 202 Å². The van der Waals surface area contributed by atoms with Crippen molar-refractivity contribution < 1.29 is 13.5 Å². The van der Waals surface area contributed by atoms with Crippen LogP contribution in [0, 0.1) is 5.82 Å². The fourth-order valence-electron chi connectivity index (χ4n) is 4.49. The van der Waals surface area contributed by atoms with Crippen molar-refractivity contribution in [1.82, 2.24) is 9.80 Å². The number of aryl methyl sites for hydroxylation is 1. The van der Waals surface area contributed by atoms with E-state index >= 15 is 0 Å². The van der Waals surface area contributed by atoms with E-state index in [1.54, 1.807) is 24.3 Å². The van der Waals surface area contributed by atoms with Gasteiger partial charge in [-0.1, -0.05) is 66.7 Å². The standard InChI is InChI=1S/C29H34F2N2O/c30-23-25-8-10-26(11-9-25)29(27-12-14-28(31)15-13-27)34-22-21-33-19-17-32(18-20-33)16-4-7-24-5-2-1-3-6-24/h1-3,5-6,8-15,29H,4,7,16-23H2. The summed E-state index contributed by atoms with van der Waals surface area (Å²) in [6, 6.07) is 24.5. The molecule has 3 aromatic rings. The van der Waals surface area contributed by atoms with Gasteiger partial charge in [0.1, 0.15) is 18.6 Å². The van der Waals surface area contributed by atoms with E-state index in [-0.39, 0.29) is 11.9 Å². The molecule has 5 heteroatoms. The van der Waals surface area contributed by atoms with Crippen molar-refractivity contribution in [3.8, 4) is 0 Å². The summed E-state index contributed by atoms with van der Waals surface area (Å²) in [4.78, 5) is 5.00. The third kappa shape index (κ3) is 7.20. The lowest BCUT2D eigenvalue weighted by molar-refractivity contribution is 0.0451. The summed E-state index contributed by atoms with van der Waals surface area (Å²) < 4.78 is 32.7. The van der Waals surface area contributed by atoms with Gasteiger partial charge < -0.3 is 9.64 Å². The average Bonchev–Trinajstić information content (AvgIpc) is 2.89. The third-order valence-electron chi connectivity index (χ3n) is 6.55. The summed E-state index contributed by atoms with van der Waals surface area (Å²) in [7, 11) is 0. The summed E-state index contributed by atoms with van der Waals surface area (Å²) in [5.41, 5.74) is 3.90. The highest BCUT2D eigenvalue weighted by Crippen LogP contribution is 2.27. The minimum absolute atomic E-state index is 0.267. The molecule has 0 amide bonds. The van der Waals surface area contributed by atoms with Crippen LogP contribution in [0.2, 0.25) is 0 Å². The lowest BCUT2D eigenvalue weighted by Crippen LogP contribution is -2.47. The second kappa shape index (κ2) is 12.7. The molecule has 0 aromatic heterocycles. The molecule has 0 aliphatic carbocycles. The lowest BCUT2D eigenvalue weighted by Gasteiger charge is -2.35. The molecule has 1 unspecified atom stereocenters. The zero-order valence-electron chi connectivity index (χ0n) is 19.7. The van der Waals surface area contributed by atoms with E-state index in [1.165, 1.54) is 24.1 Å². The second-order valence-corrected chi connectivity index (χ2v) is 8.95. The van der Waals surface area contributed by atoms with Gasteiger partial charge in [0.15, 0.2) is 0 Å². The molecular weight excluding hydrogens is 430 g/mol. The van der Waals surface area contributed by atoms with Gasteiger partial charge in [0.2, 0.25) is 0 Å². The van der Waals surface area contributed by atoms with Crippen LogP contribution in [-0.2, 0) is 17.8 Å². The molecule has 3 aromatic carbocycles. The topological polar surface area (TPSA) is 15.7 Å². The molecule has 1 aliphatic heterocycles. The molecular formula is C29H34F2N2O. The Morgan fingerprint density at radius 2 is 1.29 bits per heavy atom. The van der Waals surface area contributed by atoms with Crippen LogP contribution >= 0.6 is 0 Å². The van der Waals surface area contributed by atoms with Gasteiger partial charge in [-0.05, 0) is 53.8 Å². The first-order valence-corrected chi connectivity index (χ1v) is 12.2. The Hall–Kier alpha value is -2.60. The highest BCUT2D eigenvalue weighted by Gasteiger charge is 2.19. The van der Waals surface area contributed by atoms with Gasteiger partial charge in [0.25, 0.3) is 0 Å². The molecule has 0 spiro atoms. The highest BCUT2D eigenvalue weighted by atomic mass is 19.1. The van der Waals surface area contributed by atoms with Crippen LogP contribution in [0.25, 0.3) is 0 Å². The molecule has 1 fully saturated rings. The smallest absolute Gasteiger partial charge is 0.123 e. The van der Waals surface area contributed by atoms with Gasteiger partial charge in [0, 0.05) is 32.7 Å². The maximum atomic E-state index is 13.4. The molecule has 1 heterocycles. The normalized spacial score (nSPS) is 15.9. The molecule has 1 aliphatic rings. The number of piperazine rings is 1. The number of rotatable bonds is 11. The van der Waals surface area contributed by atoms with E-state index in [0.29, 0.717) is 12.2 Å². The van der Waals surface area contributed by atoms with E-state index in [4.69, 9.17) is 4.74 Å². The third-order valence-corrected chi connectivity index (χ3v) is 6.55. The quantitative estimate of drug-likeness (QED) is 0.365. The Kier molecular flexibility index (Phi) is 9.19. The zero-order valence-corrected chi connectivity index (χ0v) is 19.7. The monoisotopic (exact) mass is 464 g/mol. The maximum Gasteiger partial charge on any atom is 0.123 e. The largest absolute Gasteiger partial charge is 0.367 e. The number of hydrogen-bond acceptors (Lipinski definition) is 3. The second-order valence-electron chi connectivity index (χ2n) is 8.95. The summed E-state index contributed by atoms with van der Waals surface area (Å²) in [5.74, 6) is -0.267. The minimum atomic E-state index is -0.486. The minimum Gasteiger partial charge on any atom is -0.367 e. The molecule has 180 valence electrons. The Bertz CT molecular complexity index is 971. The molecule has 0 bridgehead atoms.